The Morgan fingerprint density at radius 1 is 1.07 bits per heavy atom. The molecule has 0 bridgehead atoms. The molecule has 0 amide bonds. The van der Waals surface area contributed by atoms with Crippen LogP contribution in [0.2, 0.25) is 5.15 Å². The van der Waals surface area contributed by atoms with E-state index < -0.39 is 0 Å². The summed E-state index contributed by atoms with van der Waals surface area (Å²) in [6.45, 7) is 6.46. The molecule has 1 aliphatic heterocycles. The van der Waals surface area contributed by atoms with Crippen LogP contribution in [0.25, 0.3) is 0 Å². The van der Waals surface area contributed by atoms with Crippen molar-refractivity contribution in [1.29, 1.82) is 0 Å². The predicted octanol–water partition coefficient (Wildman–Crippen LogP) is 2.40. The van der Waals surface area contributed by atoms with Gasteiger partial charge in [-0.3, -0.25) is 9.89 Å². The van der Waals surface area contributed by atoms with Crippen LogP contribution in [0.4, 0.5) is 10.1 Å². The molecule has 0 saturated carbocycles. The van der Waals surface area contributed by atoms with Gasteiger partial charge in [0.1, 0.15) is 11.0 Å². The molecule has 1 aliphatic rings. The van der Waals surface area contributed by atoms with Gasteiger partial charge in [-0.15, -0.1) is 0 Å². The highest BCUT2D eigenvalue weighted by molar-refractivity contribution is 6.29. The summed E-state index contributed by atoms with van der Waals surface area (Å²) in [5.41, 5.74) is 2.22. The van der Waals surface area contributed by atoms with Crippen molar-refractivity contribution in [2.75, 3.05) is 57.8 Å². The zero-order valence-corrected chi connectivity index (χ0v) is 17.5. The summed E-state index contributed by atoms with van der Waals surface area (Å²) in [4.78, 5) is 13.1. The van der Waals surface area contributed by atoms with Crippen molar-refractivity contribution in [2.24, 2.45) is 4.99 Å². The number of aliphatic imine (C=N–C) groups is 1. The van der Waals surface area contributed by atoms with Gasteiger partial charge >= 0.3 is 0 Å². The van der Waals surface area contributed by atoms with Crippen LogP contribution >= 0.6 is 11.6 Å². The minimum atomic E-state index is -0.190. The Balaban J connectivity index is 1.31. The van der Waals surface area contributed by atoms with Gasteiger partial charge in [-0.05, 0) is 42.3 Å². The molecule has 8 heteroatoms. The summed E-state index contributed by atoms with van der Waals surface area (Å²) in [6, 6.07) is 10.5. The molecule has 1 aromatic heterocycles. The highest BCUT2D eigenvalue weighted by Gasteiger charge is 2.16. The van der Waals surface area contributed by atoms with E-state index in [1.165, 1.54) is 12.1 Å². The molecule has 6 nitrogen and oxygen atoms in total. The average molecular weight is 419 g/mol. The van der Waals surface area contributed by atoms with Crippen molar-refractivity contribution in [3.63, 3.8) is 0 Å². The van der Waals surface area contributed by atoms with E-state index in [1.54, 1.807) is 19.3 Å². The number of piperazine rings is 1. The number of nitrogens with zero attached hydrogens (tertiary/aromatic N) is 4. The molecule has 156 valence electrons. The lowest BCUT2D eigenvalue weighted by atomic mass is 10.2. The number of halogens is 2. The predicted molar refractivity (Wildman–Crippen MR) is 117 cm³/mol. The first-order valence-electron chi connectivity index (χ1n) is 9.92. The number of hydrogen-bond donors (Lipinski definition) is 2. The highest BCUT2D eigenvalue weighted by atomic mass is 35.5. The van der Waals surface area contributed by atoms with Crippen molar-refractivity contribution in [2.45, 2.75) is 6.42 Å². The van der Waals surface area contributed by atoms with Gasteiger partial charge in [0.05, 0.1) is 0 Å². The Bertz CT molecular complexity index is 773. The molecule has 2 heterocycles. The van der Waals surface area contributed by atoms with Crippen molar-refractivity contribution < 1.29 is 4.39 Å². The number of aromatic nitrogens is 1. The van der Waals surface area contributed by atoms with Gasteiger partial charge in [0, 0.05) is 64.7 Å². The minimum Gasteiger partial charge on any atom is -0.369 e. The van der Waals surface area contributed by atoms with Gasteiger partial charge in [0.25, 0.3) is 0 Å². The number of guanidine groups is 1. The van der Waals surface area contributed by atoms with Crippen LogP contribution in [0.15, 0.2) is 47.6 Å². The van der Waals surface area contributed by atoms with E-state index in [4.69, 9.17) is 11.6 Å². The third kappa shape index (κ3) is 6.87. The second-order valence-corrected chi connectivity index (χ2v) is 7.36. The maximum Gasteiger partial charge on any atom is 0.191 e. The van der Waals surface area contributed by atoms with Crippen LogP contribution in [-0.4, -0.2) is 68.7 Å². The number of benzene rings is 1. The molecule has 2 aromatic rings. The van der Waals surface area contributed by atoms with Gasteiger partial charge in [-0.2, -0.15) is 0 Å². The Hall–Kier alpha value is -2.38. The molecule has 1 aromatic carbocycles. The second kappa shape index (κ2) is 11.0. The summed E-state index contributed by atoms with van der Waals surface area (Å²) >= 11 is 5.81. The van der Waals surface area contributed by atoms with E-state index in [-0.39, 0.29) is 5.82 Å². The van der Waals surface area contributed by atoms with E-state index in [9.17, 15) is 4.39 Å². The Morgan fingerprint density at radius 2 is 1.79 bits per heavy atom. The molecule has 0 aliphatic carbocycles. The fraction of sp³-hybridized carbons (Fsp3) is 0.429. The number of nitrogens with one attached hydrogen (secondary N) is 2. The number of hydrogen-bond acceptors (Lipinski definition) is 4. The van der Waals surface area contributed by atoms with E-state index >= 15 is 0 Å². The van der Waals surface area contributed by atoms with E-state index in [0.29, 0.717) is 5.15 Å². The molecule has 0 atom stereocenters. The molecule has 1 saturated heterocycles. The summed E-state index contributed by atoms with van der Waals surface area (Å²) in [5.74, 6) is 0.613. The standard InChI is InChI=1S/C21H28ClFN6/c1-24-21(25-9-8-17-2-7-20(22)27-16-17)26-10-11-28-12-14-29(15-13-28)19-5-3-18(23)4-6-19/h2-7,16H,8-15H2,1H3,(H2,24,25,26). The lowest BCUT2D eigenvalue weighted by Crippen LogP contribution is -2.49. The fourth-order valence-electron chi connectivity index (χ4n) is 3.31. The topological polar surface area (TPSA) is 55.8 Å². The second-order valence-electron chi connectivity index (χ2n) is 6.97. The van der Waals surface area contributed by atoms with Crippen LogP contribution in [0, 0.1) is 5.82 Å². The molecule has 0 radical (unpaired) electrons. The van der Waals surface area contributed by atoms with Crippen LogP contribution in [-0.2, 0) is 6.42 Å². The van der Waals surface area contributed by atoms with Gasteiger partial charge < -0.3 is 15.5 Å². The third-order valence-corrected chi connectivity index (χ3v) is 5.23. The summed E-state index contributed by atoms with van der Waals surface area (Å²) in [7, 11) is 1.78. The summed E-state index contributed by atoms with van der Waals surface area (Å²) in [6.07, 6.45) is 2.65. The largest absolute Gasteiger partial charge is 0.369 e. The number of rotatable bonds is 7. The SMILES string of the molecule is CN=C(NCCc1ccc(Cl)nc1)NCCN1CCN(c2ccc(F)cc2)CC1. The summed E-state index contributed by atoms with van der Waals surface area (Å²) < 4.78 is 13.1. The molecule has 0 unspecified atom stereocenters. The van der Waals surface area contributed by atoms with Gasteiger partial charge in [-0.25, -0.2) is 9.37 Å². The minimum absolute atomic E-state index is 0.190. The monoisotopic (exact) mass is 418 g/mol. The molecular formula is C21H28ClFN6. The van der Waals surface area contributed by atoms with Crippen molar-refractivity contribution >= 4 is 23.2 Å². The quantitative estimate of drug-likeness (QED) is 0.411. The normalized spacial score (nSPS) is 15.4. The molecule has 29 heavy (non-hydrogen) atoms. The van der Waals surface area contributed by atoms with Gasteiger partial charge in [-0.1, -0.05) is 17.7 Å². The first-order chi connectivity index (χ1) is 14.1. The Labute approximate surface area is 176 Å². The van der Waals surface area contributed by atoms with Crippen LogP contribution < -0.4 is 15.5 Å². The molecule has 3 rings (SSSR count). The third-order valence-electron chi connectivity index (χ3n) is 5.00. The van der Waals surface area contributed by atoms with E-state index in [0.717, 1.165) is 69.4 Å². The van der Waals surface area contributed by atoms with Crippen LogP contribution in [0.3, 0.4) is 0 Å². The number of pyridine rings is 1. The van der Waals surface area contributed by atoms with Crippen molar-refractivity contribution in [3.05, 3.63) is 59.1 Å². The zero-order chi connectivity index (χ0) is 20.5. The Kier molecular flexibility index (Phi) is 8.07. The van der Waals surface area contributed by atoms with Gasteiger partial charge in [0.2, 0.25) is 0 Å². The molecular weight excluding hydrogens is 391 g/mol. The fourth-order valence-corrected chi connectivity index (χ4v) is 3.43. The Morgan fingerprint density at radius 3 is 2.45 bits per heavy atom. The molecule has 0 spiro atoms. The van der Waals surface area contributed by atoms with Crippen LogP contribution in [0.1, 0.15) is 5.56 Å². The first-order valence-corrected chi connectivity index (χ1v) is 10.3. The van der Waals surface area contributed by atoms with E-state index in [1.807, 2.05) is 18.2 Å². The maximum atomic E-state index is 13.1. The average Bonchev–Trinajstić information content (AvgIpc) is 2.75. The first kappa shape index (κ1) is 21.3. The summed E-state index contributed by atoms with van der Waals surface area (Å²) in [5, 5.41) is 7.20. The van der Waals surface area contributed by atoms with Gasteiger partial charge in [0.15, 0.2) is 5.96 Å². The lowest BCUT2D eigenvalue weighted by Gasteiger charge is -2.36. The molecule has 2 N–H and O–H groups in total. The highest BCUT2D eigenvalue weighted by Crippen LogP contribution is 2.16. The lowest BCUT2D eigenvalue weighted by molar-refractivity contribution is 0.261. The van der Waals surface area contributed by atoms with Crippen LogP contribution in [0.5, 0.6) is 0 Å². The zero-order valence-electron chi connectivity index (χ0n) is 16.7. The van der Waals surface area contributed by atoms with Crippen molar-refractivity contribution in [1.82, 2.24) is 20.5 Å². The smallest absolute Gasteiger partial charge is 0.191 e. The number of anilines is 1. The van der Waals surface area contributed by atoms with E-state index in [2.05, 4.69) is 30.4 Å². The van der Waals surface area contributed by atoms with Crippen molar-refractivity contribution in [3.8, 4) is 0 Å². The molecule has 1 fully saturated rings. The maximum absolute atomic E-state index is 13.1.